The summed E-state index contributed by atoms with van der Waals surface area (Å²) in [4.78, 5) is 12.7. The van der Waals surface area contributed by atoms with E-state index in [0.29, 0.717) is 6.61 Å². The van der Waals surface area contributed by atoms with E-state index in [2.05, 4.69) is 10.6 Å². The molecule has 4 nitrogen and oxygen atoms in total. The van der Waals surface area contributed by atoms with Crippen molar-refractivity contribution in [3.8, 4) is 0 Å². The SMILES string of the molecule is O=C(NC1COC2(CCNCC2)C1)c1cccs1. The number of ether oxygens (including phenoxy) is 1. The Bertz CT molecular complexity index is 413. The molecule has 2 fully saturated rings. The molecule has 1 aromatic rings. The molecule has 3 heterocycles. The summed E-state index contributed by atoms with van der Waals surface area (Å²) in [5.74, 6) is 0.0320. The molecule has 3 rings (SSSR count). The molecule has 1 atom stereocenters. The molecule has 1 aromatic heterocycles. The molecule has 0 aromatic carbocycles. The van der Waals surface area contributed by atoms with E-state index in [1.165, 1.54) is 11.3 Å². The lowest BCUT2D eigenvalue weighted by molar-refractivity contribution is -0.0194. The Morgan fingerprint density at radius 1 is 1.50 bits per heavy atom. The van der Waals surface area contributed by atoms with Gasteiger partial charge in [-0.1, -0.05) is 6.07 Å². The number of carbonyl (C=O) groups excluding carboxylic acids is 1. The van der Waals surface area contributed by atoms with Crippen molar-refractivity contribution >= 4 is 17.2 Å². The zero-order valence-electron chi connectivity index (χ0n) is 10.3. The van der Waals surface area contributed by atoms with Gasteiger partial charge in [0.2, 0.25) is 0 Å². The van der Waals surface area contributed by atoms with Gasteiger partial charge >= 0.3 is 0 Å². The topological polar surface area (TPSA) is 50.4 Å². The van der Waals surface area contributed by atoms with E-state index >= 15 is 0 Å². The molecule has 1 unspecified atom stereocenters. The van der Waals surface area contributed by atoms with E-state index in [9.17, 15) is 4.79 Å². The lowest BCUT2D eigenvalue weighted by Gasteiger charge is -2.32. The fourth-order valence-corrected chi connectivity index (χ4v) is 3.46. The van der Waals surface area contributed by atoms with Crippen LogP contribution in [0.5, 0.6) is 0 Å². The van der Waals surface area contributed by atoms with Gasteiger partial charge < -0.3 is 15.4 Å². The van der Waals surface area contributed by atoms with E-state index in [-0.39, 0.29) is 17.6 Å². The van der Waals surface area contributed by atoms with E-state index in [1.54, 1.807) is 0 Å². The molecule has 18 heavy (non-hydrogen) atoms. The monoisotopic (exact) mass is 266 g/mol. The Labute approximate surface area is 111 Å². The van der Waals surface area contributed by atoms with Crippen LogP contribution >= 0.6 is 11.3 Å². The predicted octanol–water partition coefficient (Wildman–Crippen LogP) is 1.39. The smallest absolute Gasteiger partial charge is 0.261 e. The molecule has 2 N–H and O–H groups in total. The quantitative estimate of drug-likeness (QED) is 0.850. The molecule has 0 radical (unpaired) electrons. The molecule has 5 heteroatoms. The van der Waals surface area contributed by atoms with Crippen LogP contribution in [0.4, 0.5) is 0 Å². The Hall–Kier alpha value is -0.910. The zero-order valence-corrected chi connectivity index (χ0v) is 11.1. The summed E-state index contributed by atoms with van der Waals surface area (Å²) >= 11 is 1.48. The third kappa shape index (κ3) is 2.43. The van der Waals surface area contributed by atoms with Crippen molar-refractivity contribution in [2.75, 3.05) is 19.7 Å². The van der Waals surface area contributed by atoms with Crippen LogP contribution in [0.1, 0.15) is 28.9 Å². The number of carbonyl (C=O) groups is 1. The lowest BCUT2D eigenvalue weighted by Crippen LogP contribution is -2.42. The van der Waals surface area contributed by atoms with Crippen molar-refractivity contribution in [3.05, 3.63) is 22.4 Å². The average molecular weight is 266 g/mol. The maximum atomic E-state index is 12.0. The van der Waals surface area contributed by atoms with Gasteiger partial charge in [-0.25, -0.2) is 0 Å². The second-order valence-electron chi connectivity index (χ2n) is 5.10. The average Bonchev–Trinajstić information content (AvgIpc) is 3.01. The van der Waals surface area contributed by atoms with E-state index in [1.807, 2.05) is 17.5 Å². The highest BCUT2D eigenvalue weighted by atomic mass is 32.1. The Kier molecular flexibility index (Phi) is 3.37. The first-order valence-corrected chi connectivity index (χ1v) is 7.34. The fraction of sp³-hybridized carbons (Fsp3) is 0.615. The third-order valence-corrected chi connectivity index (χ3v) is 4.67. The Morgan fingerprint density at radius 3 is 3.06 bits per heavy atom. The van der Waals surface area contributed by atoms with Gasteiger partial charge in [-0.05, 0) is 43.8 Å². The highest BCUT2D eigenvalue weighted by molar-refractivity contribution is 7.12. The molecule has 2 aliphatic heterocycles. The molecule has 2 saturated heterocycles. The normalized spacial score (nSPS) is 26.3. The van der Waals surface area contributed by atoms with Crippen LogP contribution in [0, 0.1) is 0 Å². The predicted molar refractivity (Wildman–Crippen MR) is 71.0 cm³/mol. The first kappa shape index (κ1) is 12.1. The number of hydrogen-bond acceptors (Lipinski definition) is 4. The summed E-state index contributed by atoms with van der Waals surface area (Å²) in [5, 5.41) is 8.35. The highest BCUT2D eigenvalue weighted by Crippen LogP contribution is 2.34. The third-order valence-electron chi connectivity index (χ3n) is 3.80. The van der Waals surface area contributed by atoms with Crippen molar-refractivity contribution in [1.82, 2.24) is 10.6 Å². The number of amides is 1. The summed E-state index contributed by atoms with van der Waals surface area (Å²) < 4.78 is 5.96. The highest BCUT2D eigenvalue weighted by Gasteiger charge is 2.41. The molecule has 0 aliphatic carbocycles. The van der Waals surface area contributed by atoms with E-state index < -0.39 is 0 Å². The van der Waals surface area contributed by atoms with Crippen molar-refractivity contribution < 1.29 is 9.53 Å². The van der Waals surface area contributed by atoms with Crippen LogP contribution in [0.15, 0.2) is 17.5 Å². The molecule has 98 valence electrons. The van der Waals surface area contributed by atoms with Gasteiger partial charge in [-0.2, -0.15) is 0 Å². The molecule has 0 saturated carbocycles. The number of rotatable bonds is 2. The minimum atomic E-state index is 0.0125. The molecule has 2 aliphatic rings. The van der Waals surface area contributed by atoms with E-state index in [0.717, 1.165) is 37.2 Å². The summed E-state index contributed by atoms with van der Waals surface area (Å²) in [7, 11) is 0. The molecule has 1 spiro atoms. The van der Waals surface area contributed by atoms with Crippen molar-refractivity contribution in [2.24, 2.45) is 0 Å². The van der Waals surface area contributed by atoms with Gasteiger partial charge in [0.25, 0.3) is 5.91 Å². The van der Waals surface area contributed by atoms with Gasteiger partial charge in [0.15, 0.2) is 0 Å². The second kappa shape index (κ2) is 4.99. The summed E-state index contributed by atoms with van der Waals surface area (Å²) in [6, 6.07) is 3.92. The number of piperidine rings is 1. The largest absolute Gasteiger partial charge is 0.373 e. The van der Waals surface area contributed by atoms with Gasteiger partial charge in [0.1, 0.15) is 0 Å². The van der Waals surface area contributed by atoms with Crippen molar-refractivity contribution in [3.63, 3.8) is 0 Å². The Morgan fingerprint density at radius 2 is 2.33 bits per heavy atom. The number of thiophene rings is 1. The number of nitrogens with one attached hydrogen (secondary N) is 2. The summed E-state index contributed by atoms with van der Waals surface area (Å²) in [6.45, 7) is 2.69. The molecule has 1 amide bonds. The van der Waals surface area contributed by atoms with Crippen LogP contribution in [0.3, 0.4) is 0 Å². The van der Waals surface area contributed by atoms with Crippen LogP contribution < -0.4 is 10.6 Å². The van der Waals surface area contributed by atoms with E-state index in [4.69, 9.17) is 4.74 Å². The van der Waals surface area contributed by atoms with Crippen LogP contribution in [0.25, 0.3) is 0 Å². The lowest BCUT2D eigenvalue weighted by atomic mass is 9.88. The van der Waals surface area contributed by atoms with Crippen LogP contribution in [-0.4, -0.2) is 37.2 Å². The maximum Gasteiger partial charge on any atom is 0.261 e. The van der Waals surface area contributed by atoms with Crippen molar-refractivity contribution in [2.45, 2.75) is 30.9 Å². The Balaban J connectivity index is 1.57. The first-order chi connectivity index (χ1) is 8.77. The summed E-state index contributed by atoms with van der Waals surface area (Å²) in [5.41, 5.74) is 0.0125. The van der Waals surface area contributed by atoms with Gasteiger partial charge in [0.05, 0.1) is 23.1 Å². The van der Waals surface area contributed by atoms with Gasteiger partial charge in [-0.3, -0.25) is 4.79 Å². The molecule has 0 bridgehead atoms. The summed E-state index contributed by atoms with van der Waals surface area (Å²) in [6.07, 6.45) is 3.06. The van der Waals surface area contributed by atoms with Crippen LogP contribution in [-0.2, 0) is 4.74 Å². The van der Waals surface area contributed by atoms with Gasteiger partial charge in [-0.15, -0.1) is 11.3 Å². The minimum Gasteiger partial charge on any atom is -0.373 e. The number of hydrogen-bond donors (Lipinski definition) is 2. The minimum absolute atomic E-state index is 0.0125. The maximum absolute atomic E-state index is 12.0. The first-order valence-electron chi connectivity index (χ1n) is 6.47. The molecular weight excluding hydrogens is 248 g/mol. The van der Waals surface area contributed by atoms with Crippen LogP contribution in [0.2, 0.25) is 0 Å². The second-order valence-corrected chi connectivity index (χ2v) is 6.04. The van der Waals surface area contributed by atoms with Crippen molar-refractivity contribution in [1.29, 1.82) is 0 Å². The zero-order chi connectivity index (χ0) is 12.4. The standard InChI is InChI=1S/C13H18N2O2S/c16-12(11-2-1-7-18-11)15-10-8-13(17-9-10)3-5-14-6-4-13/h1-2,7,10,14H,3-6,8-9H2,(H,15,16). The molecular formula is C13H18N2O2S. The fourth-order valence-electron chi connectivity index (χ4n) is 2.83. The van der Waals surface area contributed by atoms with Gasteiger partial charge in [0, 0.05) is 0 Å².